The molecule has 7 rings (SSSR count). The minimum Gasteiger partial charge on any atom is -0.478 e. The van der Waals surface area contributed by atoms with Gasteiger partial charge in [0.25, 0.3) is 0 Å². The van der Waals surface area contributed by atoms with Crippen molar-refractivity contribution < 1.29 is 19.5 Å². The molecule has 0 bridgehead atoms. The van der Waals surface area contributed by atoms with Crippen LogP contribution in [0.15, 0.2) is 42.5 Å². The predicted molar refractivity (Wildman–Crippen MR) is 203 cm³/mol. The second-order valence-electron chi connectivity index (χ2n) is 19.0. The number of carboxylic acid groups (broad SMARTS) is 1. The van der Waals surface area contributed by atoms with Crippen molar-refractivity contribution in [1.29, 1.82) is 0 Å². The number of allylic oxidation sites excluding steroid dienone is 3. The Kier molecular flexibility index (Phi) is 8.90. The fourth-order valence-electron chi connectivity index (χ4n) is 14.0. The van der Waals surface area contributed by atoms with Crippen LogP contribution >= 0.6 is 0 Å². The minimum atomic E-state index is -0.879. The third-order valence-electron chi connectivity index (χ3n) is 16.7. The van der Waals surface area contributed by atoms with Crippen molar-refractivity contribution in [2.45, 2.75) is 118 Å². The molecular weight excluding hydrogens is 635 g/mol. The second-order valence-corrected chi connectivity index (χ2v) is 19.0. The topological polar surface area (TPSA) is 90.0 Å². The maximum Gasteiger partial charge on any atom is 0.335 e. The maximum atomic E-state index is 14.1. The van der Waals surface area contributed by atoms with Gasteiger partial charge in [-0.1, -0.05) is 65.0 Å². The number of nitrogens with one attached hydrogen (secondary N) is 1. The third kappa shape index (κ3) is 5.44. The summed E-state index contributed by atoms with van der Waals surface area (Å²) >= 11 is 0. The SMILES string of the molecule is C=C(C)C1CCC2(NC(=O)N3CCCN(C(C)=O)CC3)CCC3(C)C(CCC4C5(C)CC=C(c6ccc(C(=O)O)cc6)C(C)(C)C5CCC43C)C12. The Morgan fingerprint density at radius 1 is 0.804 bits per heavy atom. The molecule has 3 amide bonds. The lowest BCUT2D eigenvalue weighted by Gasteiger charge is -2.72. The lowest BCUT2D eigenvalue weighted by atomic mass is 9.33. The number of carbonyl (C=O) groups excluding carboxylic acids is 2. The van der Waals surface area contributed by atoms with Gasteiger partial charge in [-0.2, -0.15) is 0 Å². The molecule has 1 saturated heterocycles. The lowest BCUT2D eigenvalue weighted by Crippen LogP contribution is -2.68. The fourth-order valence-corrected chi connectivity index (χ4v) is 14.0. The van der Waals surface area contributed by atoms with E-state index in [1.165, 1.54) is 36.8 Å². The molecule has 9 unspecified atom stereocenters. The number of urea groups is 1. The first-order chi connectivity index (χ1) is 24.0. The van der Waals surface area contributed by atoms with E-state index in [2.05, 4.69) is 59.5 Å². The Morgan fingerprint density at radius 3 is 2.16 bits per heavy atom. The highest BCUT2D eigenvalue weighted by molar-refractivity contribution is 5.88. The van der Waals surface area contributed by atoms with Gasteiger partial charge in [0.1, 0.15) is 0 Å². The molecule has 1 heterocycles. The summed E-state index contributed by atoms with van der Waals surface area (Å²) in [6, 6.07) is 7.60. The molecule has 51 heavy (non-hydrogen) atoms. The van der Waals surface area contributed by atoms with Crippen LogP contribution < -0.4 is 5.32 Å². The predicted octanol–water partition coefficient (Wildman–Crippen LogP) is 9.05. The number of fused-ring (bicyclic) bond motifs is 7. The molecule has 0 aromatic heterocycles. The van der Waals surface area contributed by atoms with Crippen LogP contribution in [0.1, 0.15) is 129 Å². The summed E-state index contributed by atoms with van der Waals surface area (Å²) in [6.07, 6.45) is 13.5. The molecule has 5 aliphatic carbocycles. The van der Waals surface area contributed by atoms with Gasteiger partial charge < -0.3 is 20.2 Å². The van der Waals surface area contributed by atoms with Gasteiger partial charge in [0.05, 0.1) is 5.56 Å². The first kappa shape index (κ1) is 36.3. The zero-order valence-corrected chi connectivity index (χ0v) is 32.4. The third-order valence-corrected chi connectivity index (χ3v) is 16.7. The summed E-state index contributed by atoms with van der Waals surface area (Å²) in [7, 11) is 0. The van der Waals surface area contributed by atoms with Crippen LogP contribution in [0, 0.1) is 51.2 Å². The molecule has 278 valence electrons. The monoisotopic (exact) mass is 697 g/mol. The normalized spacial score (nSPS) is 40.1. The van der Waals surface area contributed by atoms with Gasteiger partial charge in [-0.15, -0.1) is 0 Å². The van der Waals surface area contributed by atoms with Crippen molar-refractivity contribution in [3.8, 4) is 0 Å². The van der Waals surface area contributed by atoms with E-state index in [9.17, 15) is 19.5 Å². The maximum absolute atomic E-state index is 14.1. The first-order valence-electron chi connectivity index (χ1n) is 20.0. The second kappa shape index (κ2) is 12.5. The van der Waals surface area contributed by atoms with E-state index in [1.54, 1.807) is 19.1 Å². The molecular formula is C44H63N3O4. The van der Waals surface area contributed by atoms with Crippen LogP contribution in [-0.4, -0.2) is 64.5 Å². The van der Waals surface area contributed by atoms with E-state index in [0.717, 1.165) is 50.6 Å². The van der Waals surface area contributed by atoms with E-state index < -0.39 is 5.97 Å². The Bertz CT molecular complexity index is 1630. The van der Waals surface area contributed by atoms with Gasteiger partial charge in [-0.05, 0) is 146 Å². The molecule has 1 aliphatic heterocycles. The number of carbonyl (C=O) groups is 3. The van der Waals surface area contributed by atoms with Crippen LogP contribution in [0.3, 0.4) is 0 Å². The van der Waals surface area contributed by atoms with Crippen LogP contribution in [0.5, 0.6) is 0 Å². The smallest absolute Gasteiger partial charge is 0.335 e. The van der Waals surface area contributed by atoms with E-state index >= 15 is 0 Å². The lowest BCUT2D eigenvalue weighted by molar-refractivity contribution is -0.218. The number of rotatable bonds is 4. The molecule has 1 aromatic carbocycles. The number of hydrogen-bond donors (Lipinski definition) is 2. The molecule has 2 N–H and O–H groups in total. The number of nitrogens with zero attached hydrogens (tertiary/aromatic N) is 2. The number of amides is 3. The fraction of sp³-hybridized carbons (Fsp3) is 0.705. The summed E-state index contributed by atoms with van der Waals surface area (Å²) in [6.45, 7) is 23.8. The summed E-state index contributed by atoms with van der Waals surface area (Å²) in [5, 5.41) is 13.2. The molecule has 0 radical (unpaired) electrons. The van der Waals surface area contributed by atoms with Crippen molar-refractivity contribution in [3.63, 3.8) is 0 Å². The zero-order chi connectivity index (χ0) is 36.7. The van der Waals surface area contributed by atoms with Gasteiger partial charge in [-0.3, -0.25) is 4.79 Å². The Morgan fingerprint density at radius 2 is 1.49 bits per heavy atom. The number of carboxylic acids is 1. The van der Waals surface area contributed by atoms with Gasteiger partial charge in [0.15, 0.2) is 0 Å². The van der Waals surface area contributed by atoms with Gasteiger partial charge in [-0.25, -0.2) is 9.59 Å². The van der Waals surface area contributed by atoms with Crippen LogP contribution in [0.2, 0.25) is 0 Å². The van der Waals surface area contributed by atoms with Crippen molar-refractivity contribution in [3.05, 3.63) is 53.6 Å². The quantitative estimate of drug-likeness (QED) is 0.307. The van der Waals surface area contributed by atoms with E-state index in [1.807, 2.05) is 21.9 Å². The largest absolute Gasteiger partial charge is 0.478 e. The van der Waals surface area contributed by atoms with Crippen molar-refractivity contribution in [1.82, 2.24) is 15.1 Å². The zero-order valence-electron chi connectivity index (χ0n) is 32.4. The average molecular weight is 698 g/mol. The van der Waals surface area contributed by atoms with E-state index in [4.69, 9.17) is 0 Å². The van der Waals surface area contributed by atoms with Crippen LogP contribution in [0.4, 0.5) is 4.79 Å². The highest BCUT2D eigenvalue weighted by atomic mass is 16.4. The van der Waals surface area contributed by atoms with Gasteiger partial charge in [0, 0.05) is 38.6 Å². The summed E-state index contributed by atoms with van der Waals surface area (Å²) in [5.41, 5.74) is 4.47. The molecule has 0 spiro atoms. The van der Waals surface area contributed by atoms with E-state index in [0.29, 0.717) is 54.8 Å². The number of hydrogen-bond acceptors (Lipinski definition) is 3. The molecule has 5 fully saturated rings. The summed E-state index contributed by atoms with van der Waals surface area (Å²) in [5.74, 6) is 1.72. The number of aromatic carboxylic acids is 1. The van der Waals surface area contributed by atoms with Gasteiger partial charge in [0.2, 0.25) is 5.91 Å². The Balaban J connectivity index is 1.17. The standard InChI is InChI=1S/C44H63N3O4/c1-28(2)32-16-21-44(45-39(51)47-25-9-24-46(26-27-47)29(3)48)23-22-42(7)34(37(32)44)14-15-36-41(6)19-17-33(30-10-12-31(13-11-30)38(49)50)40(4,5)35(41)18-20-43(36,42)8/h10-13,17,32,34-37H,1,9,14-16,18-27H2,2-8H3,(H,45,51)(H,49,50). The van der Waals surface area contributed by atoms with Crippen molar-refractivity contribution in [2.75, 3.05) is 26.2 Å². The molecule has 4 saturated carbocycles. The Hall–Kier alpha value is -3.09. The minimum absolute atomic E-state index is 0.0197. The first-order valence-corrected chi connectivity index (χ1v) is 20.0. The number of benzene rings is 1. The summed E-state index contributed by atoms with van der Waals surface area (Å²) in [4.78, 5) is 41.7. The highest BCUT2D eigenvalue weighted by Crippen LogP contribution is 2.76. The molecule has 6 aliphatic rings. The average Bonchev–Trinajstić information content (AvgIpc) is 3.26. The van der Waals surface area contributed by atoms with Crippen LogP contribution in [0.25, 0.3) is 5.57 Å². The molecule has 1 aromatic rings. The van der Waals surface area contributed by atoms with Crippen LogP contribution in [-0.2, 0) is 4.79 Å². The van der Waals surface area contributed by atoms with Gasteiger partial charge >= 0.3 is 12.0 Å². The summed E-state index contributed by atoms with van der Waals surface area (Å²) < 4.78 is 0. The van der Waals surface area contributed by atoms with Crippen molar-refractivity contribution in [2.24, 2.45) is 51.2 Å². The molecule has 7 nitrogen and oxygen atoms in total. The highest BCUT2D eigenvalue weighted by Gasteiger charge is 2.70. The van der Waals surface area contributed by atoms with E-state index in [-0.39, 0.29) is 39.1 Å². The van der Waals surface area contributed by atoms with Crippen molar-refractivity contribution >= 4 is 23.5 Å². The molecule has 7 heteroatoms. The Labute approximate surface area is 306 Å². The molecule has 9 atom stereocenters.